The maximum atomic E-state index is 14.9. The summed E-state index contributed by atoms with van der Waals surface area (Å²) in [6.45, 7) is 5.93. The van der Waals surface area contributed by atoms with E-state index in [1.165, 1.54) is 6.07 Å². The minimum absolute atomic E-state index is 0.197. The van der Waals surface area contributed by atoms with Crippen LogP contribution < -0.4 is 4.74 Å². The van der Waals surface area contributed by atoms with Crippen LogP contribution in [0.4, 0.5) is 13.2 Å². The van der Waals surface area contributed by atoms with Crippen molar-refractivity contribution in [3.8, 4) is 28.0 Å². The molecule has 0 saturated carbocycles. The maximum absolute atomic E-state index is 14.9. The first-order chi connectivity index (χ1) is 17.0. The average Bonchev–Trinajstić information content (AvgIpc) is 2.87. The number of halogens is 3. The minimum atomic E-state index is -0.878. The van der Waals surface area contributed by atoms with Gasteiger partial charge in [0.1, 0.15) is 0 Å². The third-order valence-electron chi connectivity index (χ3n) is 5.67. The largest absolute Gasteiger partial charge is 0.490 e. The highest BCUT2D eigenvalue weighted by atomic mass is 19.2. The number of ether oxygens (including phenoxy) is 1. The fraction of sp³-hybridized carbons (Fsp3) is 0.0968. The monoisotopic (exact) mass is 470 g/mol. The number of hydrogen-bond donors (Lipinski definition) is 0. The standard InChI is InChI=1S/C31H25F3O/c1-3-4-19-35-29-18-11-23(20-28(29)32)8-7-22-9-14-25(15-10-22)27-17-16-26(30(33)31(27)34)24-12-5-21(2)6-13-24/h3,5-18,20H,1,4,19H2,2H3/b8-7+. The topological polar surface area (TPSA) is 9.23 Å². The molecule has 0 aliphatic heterocycles. The Labute approximate surface area is 203 Å². The van der Waals surface area contributed by atoms with E-state index in [2.05, 4.69) is 6.58 Å². The molecule has 176 valence electrons. The first kappa shape index (κ1) is 24.1. The number of aryl methyl sites for hydroxylation is 1. The van der Waals surface area contributed by atoms with Crippen LogP contribution in [0.2, 0.25) is 0 Å². The van der Waals surface area contributed by atoms with E-state index < -0.39 is 17.5 Å². The van der Waals surface area contributed by atoms with E-state index in [-0.39, 0.29) is 16.9 Å². The van der Waals surface area contributed by atoms with Crippen LogP contribution in [0.5, 0.6) is 5.75 Å². The van der Waals surface area contributed by atoms with E-state index >= 15 is 0 Å². The predicted molar refractivity (Wildman–Crippen MR) is 138 cm³/mol. The molecule has 0 aromatic heterocycles. The van der Waals surface area contributed by atoms with Crippen molar-refractivity contribution in [2.75, 3.05) is 6.61 Å². The summed E-state index contributed by atoms with van der Waals surface area (Å²) in [4.78, 5) is 0. The molecule has 0 N–H and O–H groups in total. The van der Waals surface area contributed by atoms with Crippen molar-refractivity contribution >= 4 is 12.2 Å². The van der Waals surface area contributed by atoms with E-state index in [1.54, 1.807) is 72.8 Å². The Morgan fingerprint density at radius 3 is 1.83 bits per heavy atom. The third-order valence-corrected chi connectivity index (χ3v) is 5.67. The molecular formula is C31H25F3O. The molecule has 0 saturated heterocycles. The molecule has 35 heavy (non-hydrogen) atoms. The Bertz CT molecular complexity index is 1350. The molecule has 4 aromatic carbocycles. The molecule has 0 amide bonds. The van der Waals surface area contributed by atoms with Gasteiger partial charge in [-0.15, -0.1) is 6.58 Å². The zero-order valence-corrected chi connectivity index (χ0v) is 19.4. The molecule has 4 rings (SSSR count). The Balaban J connectivity index is 1.49. The lowest BCUT2D eigenvalue weighted by molar-refractivity contribution is 0.308. The van der Waals surface area contributed by atoms with Crippen LogP contribution >= 0.6 is 0 Å². The summed E-state index contributed by atoms with van der Waals surface area (Å²) in [7, 11) is 0. The van der Waals surface area contributed by atoms with E-state index in [4.69, 9.17) is 4.74 Å². The van der Waals surface area contributed by atoms with Crippen molar-refractivity contribution in [2.24, 2.45) is 0 Å². The molecule has 0 bridgehead atoms. The zero-order chi connectivity index (χ0) is 24.8. The van der Waals surface area contributed by atoms with Gasteiger partial charge in [-0.1, -0.05) is 90.5 Å². The van der Waals surface area contributed by atoms with Crippen LogP contribution in [0.15, 0.2) is 91.5 Å². The fourth-order valence-electron chi connectivity index (χ4n) is 3.68. The summed E-state index contributed by atoms with van der Waals surface area (Å²) in [6.07, 6.45) is 5.96. The molecule has 0 radical (unpaired) electrons. The highest BCUT2D eigenvalue weighted by molar-refractivity contribution is 5.74. The number of hydrogen-bond acceptors (Lipinski definition) is 1. The molecule has 0 fully saturated rings. The number of benzene rings is 4. The molecule has 0 aliphatic carbocycles. The summed E-state index contributed by atoms with van der Waals surface area (Å²) < 4.78 is 49.3. The van der Waals surface area contributed by atoms with Gasteiger partial charge in [0, 0.05) is 11.1 Å². The van der Waals surface area contributed by atoms with Gasteiger partial charge in [0.2, 0.25) is 0 Å². The van der Waals surface area contributed by atoms with Crippen LogP contribution in [-0.4, -0.2) is 6.61 Å². The van der Waals surface area contributed by atoms with Gasteiger partial charge in [-0.2, -0.15) is 0 Å². The summed E-state index contributed by atoms with van der Waals surface area (Å²) in [6, 6.07) is 22.4. The second-order valence-corrected chi connectivity index (χ2v) is 8.23. The van der Waals surface area contributed by atoms with Gasteiger partial charge in [0.25, 0.3) is 0 Å². The van der Waals surface area contributed by atoms with Crippen molar-refractivity contribution < 1.29 is 17.9 Å². The van der Waals surface area contributed by atoms with Crippen LogP contribution in [0, 0.1) is 24.4 Å². The highest BCUT2D eigenvalue weighted by Crippen LogP contribution is 2.32. The second kappa shape index (κ2) is 10.9. The Hall–Kier alpha value is -4.05. The smallest absolute Gasteiger partial charge is 0.167 e. The van der Waals surface area contributed by atoms with Gasteiger partial charge in [0.05, 0.1) is 6.61 Å². The van der Waals surface area contributed by atoms with Crippen LogP contribution in [0.1, 0.15) is 23.1 Å². The van der Waals surface area contributed by atoms with E-state index in [0.717, 1.165) is 11.1 Å². The minimum Gasteiger partial charge on any atom is -0.490 e. The molecule has 4 aromatic rings. The summed E-state index contributed by atoms with van der Waals surface area (Å²) in [5.41, 5.74) is 4.21. The zero-order valence-electron chi connectivity index (χ0n) is 19.4. The highest BCUT2D eigenvalue weighted by Gasteiger charge is 2.16. The fourth-order valence-corrected chi connectivity index (χ4v) is 3.68. The number of rotatable bonds is 8. The lowest BCUT2D eigenvalue weighted by Crippen LogP contribution is -1.97. The predicted octanol–water partition coefficient (Wildman–Crippen LogP) is 8.87. The van der Waals surface area contributed by atoms with Gasteiger partial charge in [-0.05, 0) is 47.7 Å². The average molecular weight is 471 g/mol. The molecule has 1 nitrogen and oxygen atoms in total. The maximum Gasteiger partial charge on any atom is 0.167 e. The van der Waals surface area contributed by atoms with Crippen molar-refractivity contribution in [2.45, 2.75) is 13.3 Å². The molecule has 0 aliphatic rings. The van der Waals surface area contributed by atoms with Gasteiger partial charge in [0.15, 0.2) is 23.2 Å². The van der Waals surface area contributed by atoms with Crippen molar-refractivity contribution in [3.63, 3.8) is 0 Å². The first-order valence-electron chi connectivity index (χ1n) is 11.3. The summed E-state index contributed by atoms with van der Waals surface area (Å²) in [5, 5.41) is 0. The van der Waals surface area contributed by atoms with Gasteiger partial charge in [-0.3, -0.25) is 0 Å². The van der Waals surface area contributed by atoms with E-state index in [0.29, 0.717) is 29.7 Å². The molecule has 0 unspecified atom stereocenters. The third kappa shape index (κ3) is 5.72. The second-order valence-electron chi connectivity index (χ2n) is 8.23. The lowest BCUT2D eigenvalue weighted by Gasteiger charge is -2.10. The Morgan fingerprint density at radius 2 is 1.26 bits per heavy atom. The van der Waals surface area contributed by atoms with Crippen LogP contribution in [-0.2, 0) is 0 Å². The molecule has 0 heterocycles. The van der Waals surface area contributed by atoms with Crippen LogP contribution in [0.3, 0.4) is 0 Å². The van der Waals surface area contributed by atoms with Gasteiger partial charge < -0.3 is 4.74 Å². The Kier molecular flexibility index (Phi) is 7.51. The SMILES string of the molecule is C=CCCOc1ccc(/C=C/c2ccc(-c3ccc(-c4ccc(C)cc4)c(F)c3F)cc2)cc1F. The van der Waals surface area contributed by atoms with Gasteiger partial charge in [-0.25, -0.2) is 13.2 Å². The van der Waals surface area contributed by atoms with E-state index in [9.17, 15) is 13.2 Å². The summed E-state index contributed by atoms with van der Waals surface area (Å²) >= 11 is 0. The molecule has 4 heteroatoms. The van der Waals surface area contributed by atoms with E-state index in [1.807, 2.05) is 25.1 Å². The lowest BCUT2D eigenvalue weighted by atomic mass is 9.97. The van der Waals surface area contributed by atoms with Crippen LogP contribution in [0.25, 0.3) is 34.4 Å². The Morgan fingerprint density at radius 1 is 0.714 bits per heavy atom. The normalized spacial score (nSPS) is 11.1. The molecule has 0 spiro atoms. The van der Waals surface area contributed by atoms with Crippen molar-refractivity contribution in [1.29, 1.82) is 0 Å². The summed E-state index contributed by atoms with van der Waals surface area (Å²) in [5.74, 6) is -1.97. The molecule has 0 atom stereocenters. The van der Waals surface area contributed by atoms with Crippen molar-refractivity contribution in [1.82, 2.24) is 0 Å². The van der Waals surface area contributed by atoms with Crippen molar-refractivity contribution in [3.05, 3.63) is 126 Å². The van der Waals surface area contributed by atoms with Gasteiger partial charge >= 0.3 is 0 Å². The molecular weight excluding hydrogens is 445 g/mol. The first-order valence-corrected chi connectivity index (χ1v) is 11.3. The quantitative estimate of drug-likeness (QED) is 0.142.